The maximum atomic E-state index is 11.2. The van der Waals surface area contributed by atoms with Crippen LogP contribution in [-0.2, 0) is 14.5 Å². The van der Waals surface area contributed by atoms with Crippen LogP contribution in [0, 0.1) is 11.3 Å². The first-order chi connectivity index (χ1) is 6.97. The van der Waals surface area contributed by atoms with Crippen molar-refractivity contribution in [2.24, 2.45) is 5.16 Å². The monoisotopic (exact) mass is 213 g/mol. The Bertz CT molecular complexity index is 279. The number of nitriles is 1. The lowest BCUT2D eigenvalue weighted by Crippen LogP contribution is -2.32. The third kappa shape index (κ3) is 6.46. The second-order valence-corrected chi connectivity index (χ2v) is 3.30. The van der Waals surface area contributed by atoms with Gasteiger partial charge in [0, 0.05) is 0 Å². The van der Waals surface area contributed by atoms with Gasteiger partial charge in [0.2, 0.25) is 5.71 Å². The fourth-order valence-electron chi connectivity index (χ4n) is 0.490. The van der Waals surface area contributed by atoms with Crippen molar-refractivity contribution in [1.29, 1.82) is 5.26 Å². The zero-order valence-electron chi connectivity index (χ0n) is 9.27. The zero-order chi connectivity index (χ0) is 11.8. The van der Waals surface area contributed by atoms with Gasteiger partial charge in [-0.25, -0.2) is 5.48 Å². The Hall–Kier alpha value is -1.61. The van der Waals surface area contributed by atoms with Gasteiger partial charge in [0.05, 0.1) is 6.10 Å². The molecule has 15 heavy (non-hydrogen) atoms. The predicted octanol–water partition coefficient (Wildman–Crippen LogP) is 0.747. The van der Waals surface area contributed by atoms with E-state index in [1.54, 1.807) is 33.8 Å². The average molecular weight is 213 g/mol. The summed E-state index contributed by atoms with van der Waals surface area (Å²) in [6.07, 6.45) is -0.355. The smallest absolute Gasteiger partial charge is 0.307 e. The summed E-state index contributed by atoms with van der Waals surface area (Å²) in [5.41, 5.74) is 1.71. The number of carbonyl (C=O) groups excluding carboxylic acids is 1. The van der Waals surface area contributed by atoms with Gasteiger partial charge >= 0.3 is 5.91 Å². The molecule has 0 saturated heterocycles. The second-order valence-electron chi connectivity index (χ2n) is 3.30. The first-order valence-electron chi connectivity index (χ1n) is 4.57. The molecule has 0 aliphatic carbocycles. The van der Waals surface area contributed by atoms with E-state index in [0.29, 0.717) is 0 Å². The number of nitrogens with one attached hydrogen (secondary N) is 1. The van der Waals surface area contributed by atoms with Gasteiger partial charge in [0.15, 0.2) is 0 Å². The maximum absolute atomic E-state index is 11.2. The molecule has 6 heteroatoms. The molecule has 1 N–H and O–H groups in total. The van der Waals surface area contributed by atoms with Crippen molar-refractivity contribution in [2.45, 2.75) is 39.9 Å². The van der Waals surface area contributed by atoms with E-state index >= 15 is 0 Å². The highest BCUT2D eigenvalue weighted by atomic mass is 16.7. The maximum Gasteiger partial charge on any atom is 0.307 e. The lowest BCUT2D eigenvalue weighted by Gasteiger charge is -2.07. The molecule has 0 aromatic carbocycles. The van der Waals surface area contributed by atoms with Gasteiger partial charge in [-0.3, -0.25) is 9.63 Å². The Morgan fingerprint density at radius 2 is 1.93 bits per heavy atom. The summed E-state index contributed by atoms with van der Waals surface area (Å²) in [5, 5.41) is 12.0. The van der Waals surface area contributed by atoms with Crippen molar-refractivity contribution in [3.05, 3.63) is 0 Å². The van der Waals surface area contributed by atoms with Crippen molar-refractivity contribution >= 4 is 11.6 Å². The first-order valence-corrected chi connectivity index (χ1v) is 4.57. The van der Waals surface area contributed by atoms with Gasteiger partial charge in [-0.2, -0.15) is 5.26 Å². The second kappa shape index (κ2) is 6.79. The fourth-order valence-corrected chi connectivity index (χ4v) is 0.490. The summed E-state index contributed by atoms with van der Waals surface area (Å²) in [6.45, 7) is 6.96. The van der Waals surface area contributed by atoms with Crippen LogP contribution in [0.1, 0.15) is 27.7 Å². The molecule has 0 rings (SSSR count). The minimum Gasteiger partial charge on any atom is -0.392 e. The number of amides is 1. The van der Waals surface area contributed by atoms with Gasteiger partial charge in [0.1, 0.15) is 12.2 Å². The highest BCUT2D eigenvalue weighted by Crippen LogP contribution is 1.90. The van der Waals surface area contributed by atoms with E-state index in [2.05, 4.69) is 10.6 Å². The Kier molecular flexibility index (Phi) is 6.06. The molecule has 0 atom stereocenters. The average Bonchev–Trinajstić information content (AvgIpc) is 2.15. The third-order valence-corrected chi connectivity index (χ3v) is 1.06. The van der Waals surface area contributed by atoms with E-state index in [0.717, 1.165) is 0 Å². The van der Waals surface area contributed by atoms with E-state index in [4.69, 9.17) is 14.9 Å². The Morgan fingerprint density at radius 1 is 1.33 bits per heavy atom. The SMILES string of the molecule is CC(C)O/N=C(/C#N)C(=O)NOC(C)C. The summed E-state index contributed by atoms with van der Waals surface area (Å²) >= 11 is 0. The molecule has 0 spiro atoms. The van der Waals surface area contributed by atoms with Crippen LogP contribution in [0.2, 0.25) is 0 Å². The number of hydroxylamine groups is 1. The van der Waals surface area contributed by atoms with Crippen molar-refractivity contribution in [1.82, 2.24) is 5.48 Å². The summed E-state index contributed by atoms with van der Waals surface area (Å²) in [4.78, 5) is 20.8. The summed E-state index contributed by atoms with van der Waals surface area (Å²) in [7, 11) is 0. The van der Waals surface area contributed by atoms with Crippen LogP contribution in [0.4, 0.5) is 0 Å². The molecule has 0 bridgehead atoms. The molecule has 0 fully saturated rings. The standard InChI is InChI=1S/C9H15N3O3/c1-6(2)14-11-8(5-10)9(13)12-15-7(3)4/h6-7H,1-4H3,(H,12,13)/b11-8-. The van der Waals surface area contributed by atoms with Crippen LogP contribution in [0.3, 0.4) is 0 Å². The summed E-state index contributed by atoms with van der Waals surface area (Å²) < 4.78 is 0. The molecule has 0 aliphatic heterocycles. The van der Waals surface area contributed by atoms with Crippen molar-refractivity contribution < 1.29 is 14.5 Å². The molecule has 84 valence electrons. The summed E-state index contributed by atoms with van der Waals surface area (Å²) in [5.74, 6) is -0.716. The summed E-state index contributed by atoms with van der Waals surface area (Å²) in [6, 6.07) is 1.61. The highest BCUT2D eigenvalue weighted by molar-refractivity contribution is 6.44. The van der Waals surface area contributed by atoms with Gasteiger partial charge in [-0.1, -0.05) is 5.16 Å². The Labute approximate surface area is 88.8 Å². The minimum atomic E-state index is -0.716. The van der Waals surface area contributed by atoms with Crippen LogP contribution < -0.4 is 5.48 Å². The van der Waals surface area contributed by atoms with E-state index in [1.165, 1.54) is 0 Å². The highest BCUT2D eigenvalue weighted by Gasteiger charge is 2.12. The van der Waals surface area contributed by atoms with Crippen molar-refractivity contribution in [3.63, 3.8) is 0 Å². The molecule has 0 unspecified atom stereocenters. The van der Waals surface area contributed by atoms with E-state index in [9.17, 15) is 4.79 Å². The van der Waals surface area contributed by atoms with Crippen LogP contribution in [0.5, 0.6) is 0 Å². The van der Waals surface area contributed by atoms with Gasteiger partial charge in [0.25, 0.3) is 0 Å². The first kappa shape index (κ1) is 13.4. The number of nitrogens with zero attached hydrogens (tertiary/aromatic N) is 2. The van der Waals surface area contributed by atoms with Crippen LogP contribution in [-0.4, -0.2) is 23.8 Å². The Balaban J connectivity index is 4.24. The molecule has 0 radical (unpaired) electrons. The van der Waals surface area contributed by atoms with Crippen molar-refractivity contribution in [3.8, 4) is 6.07 Å². The zero-order valence-corrected chi connectivity index (χ0v) is 9.27. The van der Waals surface area contributed by atoms with Crippen LogP contribution >= 0.6 is 0 Å². The minimum absolute atomic E-state index is 0.167. The van der Waals surface area contributed by atoms with E-state index in [1.807, 2.05) is 0 Å². The van der Waals surface area contributed by atoms with Crippen LogP contribution in [0.15, 0.2) is 5.16 Å². The van der Waals surface area contributed by atoms with Crippen molar-refractivity contribution in [2.75, 3.05) is 0 Å². The molecular formula is C9H15N3O3. The molecule has 0 heterocycles. The fraction of sp³-hybridized carbons (Fsp3) is 0.667. The van der Waals surface area contributed by atoms with E-state index < -0.39 is 5.91 Å². The van der Waals surface area contributed by atoms with Gasteiger partial charge in [-0.15, -0.1) is 0 Å². The number of hydrogen-bond acceptors (Lipinski definition) is 5. The van der Waals surface area contributed by atoms with Gasteiger partial charge in [-0.05, 0) is 27.7 Å². The number of carbonyl (C=O) groups is 1. The quantitative estimate of drug-likeness (QED) is 0.539. The number of rotatable bonds is 5. The Morgan fingerprint density at radius 3 is 2.33 bits per heavy atom. The largest absolute Gasteiger partial charge is 0.392 e. The molecule has 0 saturated carbocycles. The predicted molar refractivity (Wildman–Crippen MR) is 53.6 cm³/mol. The van der Waals surface area contributed by atoms with Gasteiger partial charge < -0.3 is 4.84 Å². The molecular weight excluding hydrogens is 198 g/mol. The number of oxime groups is 1. The normalized spacial score (nSPS) is 11.4. The molecule has 6 nitrogen and oxygen atoms in total. The third-order valence-electron chi connectivity index (χ3n) is 1.06. The molecule has 1 amide bonds. The molecule has 0 aromatic rings. The van der Waals surface area contributed by atoms with Crippen LogP contribution in [0.25, 0.3) is 0 Å². The van der Waals surface area contributed by atoms with E-state index in [-0.39, 0.29) is 17.9 Å². The molecule has 0 aromatic heterocycles. The molecule has 0 aliphatic rings. The lowest BCUT2D eigenvalue weighted by atomic mass is 10.4. The number of hydrogen-bond donors (Lipinski definition) is 1. The topological polar surface area (TPSA) is 83.7 Å². The lowest BCUT2D eigenvalue weighted by molar-refractivity contribution is -0.129.